The Balaban J connectivity index is 1.62. The van der Waals surface area contributed by atoms with E-state index in [1.54, 1.807) is 0 Å². The van der Waals surface area contributed by atoms with Crippen LogP contribution in [0, 0.1) is 0 Å². The molecule has 1 saturated heterocycles. The van der Waals surface area contributed by atoms with E-state index in [1.165, 1.54) is 0 Å². The number of aliphatic imine (C=N–C) groups is 1. The van der Waals surface area contributed by atoms with Crippen molar-refractivity contribution in [3.8, 4) is 0 Å². The van der Waals surface area contributed by atoms with E-state index < -0.39 is 6.10 Å². The van der Waals surface area contributed by atoms with Crippen LogP contribution in [0.1, 0.15) is 31.4 Å². The van der Waals surface area contributed by atoms with Crippen molar-refractivity contribution in [2.75, 3.05) is 32.7 Å². The minimum atomic E-state index is -0.636. The van der Waals surface area contributed by atoms with Gasteiger partial charge >= 0.3 is 0 Å². The van der Waals surface area contributed by atoms with Gasteiger partial charge in [-0.15, -0.1) is 0 Å². The SMILES string of the molecule is CCNC(=NCC(O)c1ccccc1)N1CCN(C2CC2)C(=O)C1. The van der Waals surface area contributed by atoms with E-state index >= 15 is 0 Å². The van der Waals surface area contributed by atoms with Crippen molar-refractivity contribution >= 4 is 11.9 Å². The number of rotatable bonds is 5. The lowest BCUT2D eigenvalue weighted by atomic mass is 10.1. The fraction of sp³-hybridized carbons (Fsp3) is 0.556. The average molecular weight is 330 g/mol. The van der Waals surface area contributed by atoms with E-state index in [0.29, 0.717) is 18.5 Å². The fourth-order valence-corrected chi connectivity index (χ4v) is 3.02. The molecule has 1 aliphatic heterocycles. The lowest BCUT2D eigenvalue weighted by Gasteiger charge is -2.36. The predicted molar refractivity (Wildman–Crippen MR) is 93.7 cm³/mol. The van der Waals surface area contributed by atoms with Gasteiger partial charge in [0.25, 0.3) is 0 Å². The molecule has 1 heterocycles. The number of nitrogens with one attached hydrogen (secondary N) is 1. The molecule has 0 aromatic heterocycles. The van der Waals surface area contributed by atoms with Gasteiger partial charge in [-0.2, -0.15) is 0 Å². The van der Waals surface area contributed by atoms with Crippen LogP contribution < -0.4 is 5.32 Å². The van der Waals surface area contributed by atoms with E-state index in [0.717, 1.165) is 38.0 Å². The molecule has 1 saturated carbocycles. The first-order chi connectivity index (χ1) is 11.7. The number of benzene rings is 1. The summed E-state index contributed by atoms with van der Waals surface area (Å²) in [6, 6.07) is 10.00. The van der Waals surface area contributed by atoms with Crippen LogP contribution in [0.3, 0.4) is 0 Å². The van der Waals surface area contributed by atoms with Crippen LogP contribution in [0.15, 0.2) is 35.3 Å². The monoisotopic (exact) mass is 330 g/mol. The topological polar surface area (TPSA) is 68.2 Å². The summed E-state index contributed by atoms with van der Waals surface area (Å²) in [4.78, 5) is 20.8. The highest BCUT2D eigenvalue weighted by molar-refractivity contribution is 5.88. The van der Waals surface area contributed by atoms with Gasteiger partial charge in [-0.05, 0) is 25.3 Å². The second kappa shape index (κ2) is 7.66. The van der Waals surface area contributed by atoms with E-state index in [2.05, 4.69) is 10.3 Å². The first kappa shape index (κ1) is 16.8. The Kier molecular flexibility index (Phi) is 5.35. The number of aliphatic hydroxyl groups excluding tert-OH is 1. The summed E-state index contributed by atoms with van der Waals surface area (Å²) < 4.78 is 0. The molecule has 130 valence electrons. The van der Waals surface area contributed by atoms with Gasteiger partial charge in [-0.3, -0.25) is 9.79 Å². The van der Waals surface area contributed by atoms with Crippen molar-refractivity contribution < 1.29 is 9.90 Å². The molecule has 0 bridgehead atoms. The number of carbonyl (C=O) groups is 1. The molecule has 2 N–H and O–H groups in total. The van der Waals surface area contributed by atoms with Gasteiger partial charge in [-0.25, -0.2) is 0 Å². The molecular weight excluding hydrogens is 304 g/mol. The van der Waals surface area contributed by atoms with Crippen molar-refractivity contribution in [3.05, 3.63) is 35.9 Å². The molecule has 0 radical (unpaired) electrons. The summed E-state index contributed by atoms with van der Waals surface area (Å²) in [5, 5.41) is 13.5. The van der Waals surface area contributed by atoms with E-state index in [9.17, 15) is 9.90 Å². The third kappa shape index (κ3) is 4.06. The molecule has 6 nitrogen and oxygen atoms in total. The fourth-order valence-electron chi connectivity index (χ4n) is 3.02. The second-order valence-corrected chi connectivity index (χ2v) is 6.36. The van der Waals surface area contributed by atoms with Crippen LogP contribution in [0.2, 0.25) is 0 Å². The maximum atomic E-state index is 12.3. The summed E-state index contributed by atoms with van der Waals surface area (Å²) in [6.07, 6.45) is 1.65. The average Bonchev–Trinajstić information content (AvgIpc) is 3.44. The van der Waals surface area contributed by atoms with E-state index in [-0.39, 0.29) is 12.5 Å². The summed E-state index contributed by atoms with van der Waals surface area (Å²) in [7, 11) is 0. The number of nitrogens with zero attached hydrogens (tertiary/aromatic N) is 3. The predicted octanol–water partition coefficient (Wildman–Crippen LogP) is 0.992. The molecule has 24 heavy (non-hydrogen) atoms. The molecule has 2 aliphatic rings. The number of guanidine groups is 1. The largest absolute Gasteiger partial charge is 0.386 e. The highest BCUT2D eigenvalue weighted by atomic mass is 16.3. The van der Waals surface area contributed by atoms with E-state index in [1.807, 2.05) is 47.1 Å². The zero-order valence-corrected chi connectivity index (χ0v) is 14.2. The maximum Gasteiger partial charge on any atom is 0.242 e. The third-order valence-corrected chi connectivity index (χ3v) is 4.48. The summed E-state index contributed by atoms with van der Waals surface area (Å²) in [5.74, 6) is 0.884. The number of hydrogen-bond donors (Lipinski definition) is 2. The number of amides is 1. The van der Waals surface area contributed by atoms with Crippen molar-refractivity contribution in [2.45, 2.75) is 31.9 Å². The molecule has 1 aliphatic carbocycles. The summed E-state index contributed by atoms with van der Waals surface area (Å²) in [6.45, 7) is 4.93. The van der Waals surface area contributed by atoms with Gasteiger partial charge in [0.1, 0.15) is 0 Å². The van der Waals surface area contributed by atoms with Crippen LogP contribution >= 0.6 is 0 Å². The summed E-state index contributed by atoms with van der Waals surface area (Å²) >= 11 is 0. The Labute approximate surface area is 143 Å². The van der Waals surface area contributed by atoms with Crippen molar-refractivity contribution in [1.29, 1.82) is 0 Å². The minimum absolute atomic E-state index is 0.179. The van der Waals surface area contributed by atoms with Crippen LogP contribution in [0.5, 0.6) is 0 Å². The highest BCUT2D eigenvalue weighted by Crippen LogP contribution is 2.28. The van der Waals surface area contributed by atoms with Gasteiger partial charge in [-0.1, -0.05) is 30.3 Å². The lowest BCUT2D eigenvalue weighted by Crippen LogP contribution is -2.55. The molecule has 6 heteroatoms. The van der Waals surface area contributed by atoms with Crippen LogP contribution in [-0.4, -0.2) is 65.5 Å². The van der Waals surface area contributed by atoms with Crippen LogP contribution in [0.4, 0.5) is 0 Å². The normalized spacial score (nSPS) is 20.2. The molecule has 1 aromatic carbocycles. The Morgan fingerprint density at radius 3 is 2.71 bits per heavy atom. The molecule has 1 atom stereocenters. The number of carbonyl (C=O) groups excluding carboxylic acids is 1. The molecule has 1 unspecified atom stereocenters. The maximum absolute atomic E-state index is 12.3. The zero-order chi connectivity index (χ0) is 16.9. The smallest absolute Gasteiger partial charge is 0.242 e. The molecule has 2 fully saturated rings. The molecular formula is C18H26N4O2. The van der Waals surface area contributed by atoms with Crippen molar-refractivity contribution in [2.24, 2.45) is 4.99 Å². The number of piperazine rings is 1. The van der Waals surface area contributed by atoms with Crippen LogP contribution in [-0.2, 0) is 4.79 Å². The Hall–Kier alpha value is -2.08. The first-order valence-electron chi connectivity index (χ1n) is 8.74. The standard InChI is InChI=1S/C18H26N4O2/c1-2-19-18(20-12-16(23)14-6-4-3-5-7-14)21-10-11-22(15-8-9-15)17(24)13-21/h3-7,15-16,23H,2,8-13H2,1H3,(H,19,20). The first-order valence-corrected chi connectivity index (χ1v) is 8.74. The Morgan fingerprint density at radius 1 is 1.33 bits per heavy atom. The number of hydrogen-bond acceptors (Lipinski definition) is 3. The molecule has 3 rings (SSSR count). The number of aliphatic hydroxyl groups is 1. The van der Waals surface area contributed by atoms with Gasteiger partial charge in [0.05, 0.1) is 19.2 Å². The quantitative estimate of drug-likeness (QED) is 0.624. The zero-order valence-electron chi connectivity index (χ0n) is 14.2. The van der Waals surface area contributed by atoms with Crippen LogP contribution in [0.25, 0.3) is 0 Å². The molecule has 0 spiro atoms. The molecule has 1 aromatic rings. The minimum Gasteiger partial charge on any atom is -0.386 e. The molecule has 1 amide bonds. The Morgan fingerprint density at radius 2 is 2.08 bits per heavy atom. The van der Waals surface area contributed by atoms with Gasteiger partial charge in [0.2, 0.25) is 5.91 Å². The second-order valence-electron chi connectivity index (χ2n) is 6.36. The Bertz CT molecular complexity index is 586. The summed E-state index contributed by atoms with van der Waals surface area (Å²) in [5.41, 5.74) is 0.853. The van der Waals surface area contributed by atoms with Gasteiger partial charge in [0, 0.05) is 25.7 Å². The van der Waals surface area contributed by atoms with Crippen molar-refractivity contribution in [1.82, 2.24) is 15.1 Å². The van der Waals surface area contributed by atoms with Crippen molar-refractivity contribution in [3.63, 3.8) is 0 Å². The van der Waals surface area contributed by atoms with E-state index in [4.69, 9.17) is 0 Å². The lowest BCUT2D eigenvalue weighted by molar-refractivity contribution is -0.135. The highest BCUT2D eigenvalue weighted by Gasteiger charge is 2.36. The van der Waals surface area contributed by atoms with Gasteiger partial charge in [0.15, 0.2) is 5.96 Å². The third-order valence-electron chi connectivity index (χ3n) is 4.48. The van der Waals surface area contributed by atoms with Gasteiger partial charge < -0.3 is 20.2 Å².